The Balaban J connectivity index is 1.63. The van der Waals surface area contributed by atoms with E-state index in [1.165, 1.54) is 24.5 Å². The largest absolute Gasteiger partial charge is 0.492 e. The molecule has 4 rings (SSSR count). The number of benzene rings is 1. The first-order valence-electron chi connectivity index (χ1n) is 11.7. The summed E-state index contributed by atoms with van der Waals surface area (Å²) in [6, 6.07) is 3.43. The van der Waals surface area contributed by atoms with Gasteiger partial charge in [-0.1, -0.05) is 18.6 Å². The molecule has 7 heteroatoms. The summed E-state index contributed by atoms with van der Waals surface area (Å²) in [5.74, 6) is 0.325. The summed E-state index contributed by atoms with van der Waals surface area (Å²) in [4.78, 5) is 13.7. The molecule has 0 radical (unpaired) electrons. The number of rotatable bonds is 7. The summed E-state index contributed by atoms with van der Waals surface area (Å²) in [7, 11) is -3.41. The lowest BCUT2D eigenvalue weighted by molar-refractivity contribution is 0.0923. The summed E-state index contributed by atoms with van der Waals surface area (Å²) in [5.41, 5.74) is 2.59. The Morgan fingerprint density at radius 3 is 2.81 bits per heavy atom. The Hall–Kier alpha value is -1.86. The van der Waals surface area contributed by atoms with E-state index in [1.54, 1.807) is 13.0 Å². The van der Waals surface area contributed by atoms with Crippen LogP contribution < -0.4 is 15.4 Å². The number of carbonyl (C=O) groups excluding carboxylic acids is 1. The maximum Gasteiger partial charge on any atom is 0.255 e. The van der Waals surface area contributed by atoms with Crippen molar-refractivity contribution in [2.45, 2.75) is 81.7 Å². The average molecular weight is 447 g/mol. The zero-order valence-corrected chi connectivity index (χ0v) is 19.2. The van der Waals surface area contributed by atoms with Crippen LogP contribution in [0.3, 0.4) is 0 Å². The third kappa shape index (κ3) is 5.14. The Morgan fingerprint density at radius 2 is 2.10 bits per heavy atom. The zero-order valence-electron chi connectivity index (χ0n) is 18.4. The molecular formula is C24H34N2O4S. The van der Waals surface area contributed by atoms with Crippen molar-refractivity contribution < 1.29 is 17.9 Å². The lowest BCUT2D eigenvalue weighted by Gasteiger charge is -2.28. The summed E-state index contributed by atoms with van der Waals surface area (Å²) >= 11 is 0. The van der Waals surface area contributed by atoms with Crippen LogP contribution >= 0.6 is 0 Å². The molecule has 2 aliphatic heterocycles. The Morgan fingerprint density at radius 1 is 1.23 bits per heavy atom. The molecular weight excluding hydrogens is 412 g/mol. The van der Waals surface area contributed by atoms with E-state index in [1.807, 2.05) is 0 Å². The van der Waals surface area contributed by atoms with Crippen LogP contribution in [0.5, 0.6) is 5.75 Å². The second-order valence-corrected chi connectivity index (χ2v) is 11.2. The first-order valence-corrected chi connectivity index (χ1v) is 13.4. The Bertz CT molecular complexity index is 949. The van der Waals surface area contributed by atoms with Crippen LogP contribution in [0.15, 0.2) is 28.7 Å². The van der Waals surface area contributed by atoms with Crippen LogP contribution in [-0.4, -0.2) is 45.3 Å². The number of aryl methyl sites for hydroxylation is 1. The highest BCUT2D eigenvalue weighted by Gasteiger charge is 2.30. The van der Waals surface area contributed by atoms with Gasteiger partial charge in [-0.25, -0.2) is 8.42 Å². The molecule has 0 bridgehead atoms. The fourth-order valence-corrected chi connectivity index (χ4v) is 5.89. The van der Waals surface area contributed by atoms with E-state index in [2.05, 4.69) is 16.7 Å². The fourth-order valence-electron chi connectivity index (χ4n) is 4.94. The standard InChI is InChI=1S/C24H34N2O4S/c1-2-31(28,29)19-15-18-10-7-13-30-23(18)20(16-19)24(27)26-22(21-11-6-12-25-21)14-17-8-4-3-5-9-17/h8,15-16,21-22,25H,2-7,9-14H2,1H3,(H,26,27). The first kappa shape index (κ1) is 22.3. The predicted octanol–water partition coefficient (Wildman–Crippen LogP) is 3.55. The number of ether oxygens (including phenoxy) is 1. The van der Waals surface area contributed by atoms with E-state index >= 15 is 0 Å². The van der Waals surface area contributed by atoms with Gasteiger partial charge in [-0.2, -0.15) is 0 Å². The van der Waals surface area contributed by atoms with Crippen molar-refractivity contribution in [3.8, 4) is 5.75 Å². The van der Waals surface area contributed by atoms with Crippen molar-refractivity contribution in [1.82, 2.24) is 10.6 Å². The molecule has 2 heterocycles. The summed E-state index contributed by atoms with van der Waals surface area (Å²) < 4.78 is 31.0. The van der Waals surface area contributed by atoms with Gasteiger partial charge in [0.15, 0.2) is 9.84 Å². The molecule has 170 valence electrons. The van der Waals surface area contributed by atoms with E-state index < -0.39 is 9.84 Å². The van der Waals surface area contributed by atoms with Gasteiger partial charge in [-0.3, -0.25) is 4.79 Å². The van der Waals surface area contributed by atoms with Crippen LogP contribution in [0.4, 0.5) is 0 Å². The topological polar surface area (TPSA) is 84.5 Å². The molecule has 31 heavy (non-hydrogen) atoms. The molecule has 6 nitrogen and oxygen atoms in total. The molecule has 0 spiro atoms. The number of amides is 1. The van der Waals surface area contributed by atoms with Crippen molar-refractivity contribution in [1.29, 1.82) is 0 Å². The second kappa shape index (κ2) is 9.74. The van der Waals surface area contributed by atoms with Crippen molar-refractivity contribution in [3.63, 3.8) is 0 Å². The van der Waals surface area contributed by atoms with Gasteiger partial charge in [-0.15, -0.1) is 0 Å². The molecule has 1 aliphatic carbocycles. The van der Waals surface area contributed by atoms with Gasteiger partial charge in [0, 0.05) is 12.1 Å². The normalized spacial score (nSPS) is 22.2. The van der Waals surface area contributed by atoms with Gasteiger partial charge >= 0.3 is 0 Å². The average Bonchev–Trinajstić information content (AvgIpc) is 3.33. The van der Waals surface area contributed by atoms with Gasteiger partial charge in [-0.05, 0) is 82.0 Å². The minimum Gasteiger partial charge on any atom is -0.492 e. The van der Waals surface area contributed by atoms with Crippen LogP contribution in [0.1, 0.15) is 74.2 Å². The number of carbonyl (C=O) groups is 1. The molecule has 2 N–H and O–H groups in total. The van der Waals surface area contributed by atoms with Gasteiger partial charge in [0.1, 0.15) is 5.75 Å². The van der Waals surface area contributed by atoms with Crippen LogP contribution in [0.2, 0.25) is 0 Å². The lowest BCUT2D eigenvalue weighted by Crippen LogP contribution is -2.47. The monoisotopic (exact) mass is 446 g/mol. The molecule has 1 saturated heterocycles. The SMILES string of the molecule is CCS(=O)(=O)c1cc2c(c(C(=O)NC(CC3=CCCCC3)C3CCCN3)c1)OCCC2. The minimum absolute atomic E-state index is 0.00923. The minimum atomic E-state index is -3.41. The smallest absolute Gasteiger partial charge is 0.255 e. The van der Waals surface area contributed by atoms with Crippen molar-refractivity contribution in [2.24, 2.45) is 0 Å². The van der Waals surface area contributed by atoms with Gasteiger partial charge < -0.3 is 15.4 Å². The van der Waals surface area contributed by atoms with Gasteiger partial charge in [0.2, 0.25) is 0 Å². The second-order valence-electron chi connectivity index (χ2n) is 8.91. The Labute approximate surface area is 185 Å². The number of nitrogens with one attached hydrogen (secondary N) is 2. The number of fused-ring (bicyclic) bond motifs is 1. The van der Waals surface area contributed by atoms with Crippen LogP contribution in [0, 0.1) is 0 Å². The van der Waals surface area contributed by atoms with Crippen LogP contribution in [-0.2, 0) is 16.3 Å². The lowest BCUT2D eigenvalue weighted by atomic mass is 9.91. The number of hydrogen-bond donors (Lipinski definition) is 2. The number of allylic oxidation sites excluding steroid dienone is 1. The van der Waals surface area contributed by atoms with Gasteiger partial charge in [0.25, 0.3) is 5.91 Å². The fraction of sp³-hybridized carbons (Fsp3) is 0.625. The maximum atomic E-state index is 13.5. The zero-order chi connectivity index (χ0) is 21.8. The highest BCUT2D eigenvalue weighted by Crippen LogP contribution is 2.33. The van der Waals surface area contributed by atoms with E-state index in [4.69, 9.17) is 4.74 Å². The predicted molar refractivity (Wildman–Crippen MR) is 121 cm³/mol. The third-order valence-electron chi connectivity index (χ3n) is 6.73. The molecule has 1 aromatic rings. The number of hydrogen-bond acceptors (Lipinski definition) is 5. The Kier molecular flexibility index (Phi) is 7.02. The van der Waals surface area contributed by atoms with Crippen molar-refractivity contribution >= 4 is 15.7 Å². The van der Waals surface area contributed by atoms with Crippen LogP contribution in [0.25, 0.3) is 0 Å². The molecule has 1 amide bonds. The van der Waals surface area contributed by atoms with E-state index in [-0.39, 0.29) is 28.6 Å². The molecule has 0 aromatic heterocycles. The highest BCUT2D eigenvalue weighted by atomic mass is 32.2. The summed E-state index contributed by atoms with van der Waals surface area (Å²) in [6.07, 6.45) is 11.5. The molecule has 2 atom stereocenters. The highest BCUT2D eigenvalue weighted by molar-refractivity contribution is 7.91. The van der Waals surface area contributed by atoms with E-state index in [0.717, 1.165) is 57.1 Å². The van der Waals surface area contributed by atoms with E-state index in [0.29, 0.717) is 17.9 Å². The molecule has 1 fully saturated rings. The quantitative estimate of drug-likeness (QED) is 0.626. The number of sulfone groups is 1. The molecule has 0 saturated carbocycles. The maximum absolute atomic E-state index is 13.5. The summed E-state index contributed by atoms with van der Waals surface area (Å²) in [5, 5.41) is 6.79. The van der Waals surface area contributed by atoms with Crippen molar-refractivity contribution in [3.05, 3.63) is 34.9 Å². The van der Waals surface area contributed by atoms with Crippen molar-refractivity contribution in [2.75, 3.05) is 18.9 Å². The third-order valence-corrected chi connectivity index (χ3v) is 8.44. The molecule has 2 unspecified atom stereocenters. The molecule has 3 aliphatic rings. The van der Waals surface area contributed by atoms with Gasteiger partial charge in [0.05, 0.1) is 22.8 Å². The first-order chi connectivity index (χ1) is 15.0. The summed E-state index contributed by atoms with van der Waals surface area (Å²) in [6.45, 7) is 3.15. The van der Waals surface area contributed by atoms with E-state index in [9.17, 15) is 13.2 Å². The molecule has 1 aromatic carbocycles.